The number of amides is 1. The molecule has 0 fully saturated rings. The minimum absolute atomic E-state index is 0.0705. The number of nitrogens with zero attached hydrogens (tertiary/aromatic N) is 1. The van der Waals surface area contributed by atoms with Crippen LogP contribution in [0.15, 0.2) is 70.8 Å². The van der Waals surface area contributed by atoms with Crippen LogP contribution in [-0.2, 0) is 16.0 Å². The second kappa shape index (κ2) is 10.1. The van der Waals surface area contributed by atoms with E-state index in [1.165, 1.54) is 13.2 Å². The number of fused-ring (bicyclic) bond motifs is 1. The Morgan fingerprint density at radius 3 is 2.79 bits per heavy atom. The zero-order valence-electron chi connectivity index (χ0n) is 18.2. The largest absolute Gasteiger partial charge is 0.465 e. The number of benzene rings is 2. The van der Waals surface area contributed by atoms with Gasteiger partial charge < -0.3 is 19.5 Å². The second-order valence-electron chi connectivity index (χ2n) is 7.42. The topological polar surface area (TPSA) is 108 Å². The van der Waals surface area contributed by atoms with Gasteiger partial charge in [-0.3, -0.25) is 4.79 Å². The van der Waals surface area contributed by atoms with Crippen molar-refractivity contribution in [3.05, 3.63) is 88.3 Å². The smallest absolute Gasteiger partial charge is 0.339 e. The van der Waals surface area contributed by atoms with Crippen molar-refractivity contribution >= 4 is 40.5 Å². The fraction of sp³-hybridized carbons (Fsp3) is 0.115. The molecule has 8 heteroatoms. The van der Waals surface area contributed by atoms with Crippen LogP contribution in [0.5, 0.6) is 0 Å². The van der Waals surface area contributed by atoms with Crippen LogP contribution >= 0.6 is 11.6 Å². The summed E-state index contributed by atoms with van der Waals surface area (Å²) in [6, 6.07) is 18.0. The Kier molecular flexibility index (Phi) is 6.81. The van der Waals surface area contributed by atoms with Crippen LogP contribution in [0.4, 0.5) is 0 Å². The lowest BCUT2D eigenvalue weighted by Gasteiger charge is -2.04. The number of hydrogen-bond donors (Lipinski definition) is 2. The highest BCUT2D eigenvalue weighted by Gasteiger charge is 2.14. The summed E-state index contributed by atoms with van der Waals surface area (Å²) in [6.45, 7) is 0.383. The fourth-order valence-electron chi connectivity index (χ4n) is 3.56. The van der Waals surface area contributed by atoms with Crippen LogP contribution in [0, 0.1) is 11.3 Å². The standard InChI is InChI=1S/C26H20ClN3O4/c1-33-26(32)21-8-6-16(13-22(21)27)24-9-7-19(34-24)12-18(14-28)25(31)29-11-10-17-15-30-23-5-3-2-4-20(17)23/h2-9,12-13,15,30H,10-11H2,1H3,(H,29,31)/b18-12-. The number of carbonyl (C=O) groups is 2. The number of carbonyl (C=O) groups excluding carboxylic acids is 2. The highest BCUT2D eigenvalue weighted by atomic mass is 35.5. The summed E-state index contributed by atoms with van der Waals surface area (Å²) >= 11 is 6.17. The monoisotopic (exact) mass is 473 g/mol. The minimum atomic E-state index is -0.533. The summed E-state index contributed by atoms with van der Waals surface area (Å²) in [6.07, 6.45) is 3.93. The average Bonchev–Trinajstić information content (AvgIpc) is 3.49. The predicted octanol–water partition coefficient (Wildman–Crippen LogP) is 5.13. The summed E-state index contributed by atoms with van der Waals surface area (Å²) in [5.74, 6) is -0.201. The molecule has 170 valence electrons. The summed E-state index contributed by atoms with van der Waals surface area (Å²) in [7, 11) is 1.28. The molecule has 1 amide bonds. The van der Waals surface area contributed by atoms with E-state index in [-0.39, 0.29) is 16.2 Å². The first-order valence-corrected chi connectivity index (χ1v) is 10.8. The van der Waals surface area contributed by atoms with E-state index in [1.807, 2.05) is 36.5 Å². The third-order valence-electron chi connectivity index (χ3n) is 5.29. The first-order valence-electron chi connectivity index (χ1n) is 10.4. The van der Waals surface area contributed by atoms with E-state index in [4.69, 9.17) is 16.0 Å². The van der Waals surface area contributed by atoms with E-state index < -0.39 is 11.9 Å². The number of methoxy groups -OCH3 is 1. The number of rotatable bonds is 7. The summed E-state index contributed by atoms with van der Waals surface area (Å²) in [5, 5.41) is 13.6. The maximum Gasteiger partial charge on any atom is 0.339 e. The Labute approximate surface area is 200 Å². The number of H-pyrrole nitrogens is 1. The number of para-hydroxylation sites is 1. The minimum Gasteiger partial charge on any atom is -0.465 e. The van der Waals surface area contributed by atoms with E-state index in [2.05, 4.69) is 15.0 Å². The molecule has 0 saturated heterocycles. The fourth-order valence-corrected chi connectivity index (χ4v) is 3.82. The first kappa shape index (κ1) is 22.9. The number of nitrogens with one attached hydrogen (secondary N) is 2. The summed E-state index contributed by atoms with van der Waals surface area (Å²) < 4.78 is 10.4. The van der Waals surface area contributed by atoms with Gasteiger partial charge in [0, 0.05) is 35.3 Å². The molecule has 4 aromatic rings. The molecular formula is C26H20ClN3O4. The third-order valence-corrected chi connectivity index (χ3v) is 5.60. The summed E-state index contributed by atoms with van der Waals surface area (Å²) in [4.78, 5) is 27.4. The molecule has 4 rings (SSSR count). The SMILES string of the molecule is COC(=O)c1ccc(-c2ccc(/C=C(/C#N)C(=O)NCCc3c[nH]c4ccccc34)o2)cc1Cl. The molecule has 0 radical (unpaired) electrons. The van der Waals surface area contributed by atoms with Crippen molar-refractivity contribution in [2.45, 2.75) is 6.42 Å². The van der Waals surface area contributed by atoms with Gasteiger partial charge in [-0.2, -0.15) is 5.26 Å². The number of furan rings is 1. The molecule has 2 aromatic carbocycles. The molecule has 7 nitrogen and oxygen atoms in total. The lowest BCUT2D eigenvalue weighted by atomic mass is 10.1. The van der Waals surface area contributed by atoms with E-state index in [0.717, 1.165) is 16.5 Å². The quantitative estimate of drug-likeness (QED) is 0.219. The van der Waals surface area contributed by atoms with Crippen LogP contribution in [0.2, 0.25) is 5.02 Å². The molecule has 0 aliphatic heterocycles. The van der Waals surface area contributed by atoms with Gasteiger partial charge in [0.05, 0.1) is 17.7 Å². The second-order valence-corrected chi connectivity index (χ2v) is 7.83. The molecule has 34 heavy (non-hydrogen) atoms. The van der Waals surface area contributed by atoms with Crippen molar-refractivity contribution in [1.29, 1.82) is 5.26 Å². The Balaban J connectivity index is 1.42. The number of ether oxygens (including phenoxy) is 1. The van der Waals surface area contributed by atoms with Gasteiger partial charge in [-0.25, -0.2) is 4.79 Å². The normalized spacial score (nSPS) is 11.3. The van der Waals surface area contributed by atoms with Crippen molar-refractivity contribution in [3.63, 3.8) is 0 Å². The van der Waals surface area contributed by atoms with Crippen molar-refractivity contribution in [2.75, 3.05) is 13.7 Å². The van der Waals surface area contributed by atoms with Crippen molar-refractivity contribution in [1.82, 2.24) is 10.3 Å². The van der Waals surface area contributed by atoms with Gasteiger partial charge in [-0.05, 0) is 42.3 Å². The van der Waals surface area contributed by atoms with Crippen LogP contribution in [0.3, 0.4) is 0 Å². The molecule has 0 bridgehead atoms. The van der Waals surface area contributed by atoms with Crippen LogP contribution in [0.25, 0.3) is 28.3 Å². The third kappa shape index (κ3) is 4.87. The van der Waals surface area contributed by atoms with E-state index in [0.29, 0.717) is 30.0 Å². The molecule has 0 atom stereocenters. The zero-order chi connectivity index (χ0) is 24.1. The van der Waals surface area contributed by atoms with Gasteiger partial charge in [0.1, 0.15) is 23.2 Å². The number of esters is 1. The number of aromatic amines is 1. The maximum atomic E-state index is 12.5. The zero-order valence-corrected chi connectivity index (χ0v) is 19.0. The van der Waals surface area contributed by atoms with E-state index >= 15 is 0 Å². The number of aromatic nitrogens is 1. The molecule has 0 aliphatic carbocycles. The van der Waals surface area contributed by atoms with Crippen LogP contribution < -0.4 is 5.32 Å². The van der Waals surface area contributed by atoms with Crippen molar-refractivity contribution < 1.29 is 18.7 Å². The van der Waals surface area contributed by atoms with Gasteiger partial charge >= 0.3 is 5.97 Å². The van der Waals surface area contributed by atoms with Crippen LogP contribution in [-0.4, -0.2) is 30.5 Å². The van der Waals surface area contributed by atoms with E-state index in [1.54, 1.807) is 30.3 Å². The lowest BCUT2D eigenvalue weighted by molar-refractivity contribution is -0.117. The van der Waals surface area contributed by atoms with Gasteiger partial charge in [-0.15, -0.1) is 0 Å². The molecule has 2 N–H and O–H groups in total. The highest BCUT2D eigenvalue weighted by molar-refractivity contribution is 6.33. The molecular weight excluding hydrogens is 454 g/mol. The highest BCUT2D eigenvalue weighted by Crippen LogP contribution is 2.28. The summed E-state index contributed by atoms with van der Waals surface area (Å²) in [5.41, 5.74) is 2.94. The van der Waals surface area contributed by atoms with Crippen molar-refractivity contribution in [2.24, 2.45) is 0 Å². The van der Waals surface area contributed by atoms with Gasteiger partial charge in [0.25, 0.3) is 5.91 Å². The Hall–Kier alpha value is -4.28. The molecule has 0 saturated carbocycles. The van der Waals surface area contributed by atoms with E-state index in [9.17, 15) is 14.9 Å². The number of halogens is 1. The Morgan fingerprint density at radius 1 is 1.21 bits per heavy atom. The Morgan fingerprint density at radius 2 is 2.03 bits per heavy atom. The molecule has 0 unspecified atom stereocenters. The first-order chi connectivity index (χ1) is 16.5. The van der Waals surface area contributed by atoms with Crippen molar-refractivity contribution in [3.8, 4) is 17.4 Å². The molecule has 2 heterocycles. The predicted molar refractivity (Wildman–Crippen MR) is 129 cm³/mol. The van der Waals surface area contributed by atoms with Gasteiger partial charge in [0.2, 0.25) is 0 Å². The maximum absolute atomic E-state index is 12.5. The lowest BCUT2D eigenvalue weighted by Crippen LogP contribution is -2.26. The van der Waals surface area contributed by atoms with Crippen LogP contribution in [0.1, 0.15) is 21.7 Å². The van der Waals surface area contributed by atoms with Gasteiger partial charge in [-0.1, -0.05) is 35.9 Å². The molecule has 0 aliphatic rings. The number of nitriles is 1. The average molecular weight is 474 g/mol. The molecule has 2 aromatic heterocycles. The van der Waals surface area contributed by atoms with Gasteiger partial charge in [0.15, 0.2) is 0 Å². The Bertz CT molecular complexity index is 1440. The molecule has 0 spiro atoms. The number of hydrogen-bond acceptors (Lipinski definition) is 5.